The van der Waals surface area contributed by atoms with Crippen molar-refractivity contribution in [3.8, 4) is 5.75 Å². The van der Waals surface area contributed by atoms with Crippen LogP contribution in [0.2, 0.25) is 0 Å². The zero-order valence-corrected chi connectivity index (χ0v) is 18.7. The number of aliphatic hydroxyl groups is 1. The molecule has 6 nitrogen and oxygen atoms in total. The van der Waals surface area contributed by atoms with E-state index in [0.29, 0.717) is 18.3 Å². The summed E-state index contributed by atoms with van der Waals surface area (Å²) in [4.78, 5) is 4.46. The van der Waals surface area contributed by atoms with Gasteiger partial charge in [-0.25, -0.2) is 4.99 Å². The first-order chi connectivity index (χ1) is 12.4. The number of hydrogen-bond acceptors (Lipinski definition) is 4. The lowest BCUT2D eigenvalue weighted by Crippen LogP contribution is -2.42. The number of aryl methyl sites for hydroxylation is 1. The van der Waals surface area contributed by atoms with Crippen molar-refractivity contribution in [2.45, 2.75) is 39.4 Å². The molecular formula is C20H30IN3O3. The van der Waals surface area contributed by atoms with Gasteiger partial charge in [-0.1, -0.05) is 12.1 Å². The van der Waals surface area contributed by atoms with Gasteiger partial charge in [-0.15, -0.1) is 24.0 Å². The topological polar surface area (TPSA) is 79.0 Å². The second-order valence-electron chi connectivity index (χ2n) is 6.57. The third-order valence-corrected chi connectivity index (χ3v) is 3.83. The van der Waals surface area contributed by atoms with Gasteiger partial charge in [0.1, 0.15) is 23.2 Å². The van der Waals surface area contributed by atoms with Gasteiger partial charge >= 0.3 is 0 Å². The largest absolute Gasteiger partial charge is 0.489 e. The van der Waals surface area contributed by atoms with Crippen LogP contribution in [0.1, 0.15) is 32.1 Å². The highest BCUT2D eigenvalue weighted by Crippen LogP contribution is 2.21. The molecule has 2 unspecified atom stereocenters. The number of benzene rings is 1. The van der Waals surface area contributed by atoms with Crippen molar-refractivity contribution in [1.29, 1.82) is 0 Å². The summed E-state index contributed by atoms with van der Waals surface area (Å²) in [5.41, 5.74) is 0.00734. The summed E-state index contributed by atoms with van der Waals surface area (Å²) in [5.74, 6) is 1.97. The third-order valence-electron chi connectivity index (χ3n) is 3.83. The molecule has 0 saturated carbocycles. The van der Waals surface area contributed by atoms with Gasteiger partial charge in [-0.3, -0.25) is 0 Å². The van der Waals surface area contributed by atoms with E-state index in [0.717, 1.165) is 17.9 Å². The second kappa shape index (κ2) is 11.2. The van der Waals surface area contributed by atoms with Gasteiger partial charge < -0.3 is 24.9 Å². The first-order valence-electron chi connectivity index (χ1n) is 8.92. The molecule has 2 rings (SSSR count). The molecule has 0 saturated heterocycles. The van der Waals surface area contributed by atoms with Crippen LogP contribution in [-0.4, -0.2) is 36.8 Å². The summed E-state index contributed by atoms with van der Waals surface area (Å²) in [6, 6.07) is 11.5. The molecule has 2 aromatic rings. The molecule has 1 aromatic carbocycles. The molecule has 0 radical (unpaired) electrons. The molecule has 1 heterocycles. The Morgan fingerprint density at radius 1 is 1.30 bits per heavy atom. The number of ether oxygens (including phenoxy) is 1. The number of hydrogen-bond donors (Lipinski definition) is 3. The Bertz CT molecular complexity index is 702. The highest BCUT2D eigenvalue weighted by atomic mass is 127. The summed E-state index contributed by atoms with van der Waals surface area (Å²) in [6.45, 7) is 9.21. The smallest absolute Gasteiger partial charge is 0.191 e. The number of guanidine groups is 1. The zero-order chi connectivity index (χ0) is 19.0. The predicted octanol–water partition coefficient (Wildman–Crippen LogP) is 3.44. The van der Waals surface area contributed by atoms with Crippen molar-refractivity contribution in [1.82, 2.24) is 10.6 Å². The van der Waals surface area contributed by atoms with Gasteiger partial charge in [0.15, 0.2) is 5.96 Å². The Morgan fingerprint density at radius 3 is 2.70 bits per heavy atom. The van der Waals surface area contributed by atoms with E-state index in [-0.39, 0.29) is 36.6 Å². The van der Waals surface area contributed by atoms with Crippen LogP contribution in [0.5, 0.6) is 5.75 Å². The van der Waals surface area contributed by atoms with E-state index in [4.69, 9.17) is 9.15 Å². The van der Waals surface area contributed by atoms with Crippen LogP contribution in [-0.2, 0) is 5.60 Å². The minimum absolute atomic E-state index is 0. The molecule has 2 atom stereocenters. The molecule has 7 heteroatoms. The van der Waals surface area contributed by atoms with Gasteiger partial charge in [0.2, 0.25) is 0 Å². The summed E-state index contributed by atoms with van der Waals surface area (Å²) < 4.78 is 11.2. The average Bonchev–Trinajstić information content (AvgIpc) is 3.13. The molecule has 0 aliphatic heterocycles. The predicted molar refractivity (Wildman–Crippen MR) is 119 cm³/mol. The first kappa shape index (κ1) is 23.3. The lowest BCUT2D eigenvalue weighted by atomic mass is 10.0. The molecule has 150 valence electrons. The van der Waals surface area contributed by atoms with Crippen molar-refractivity contribution in [2.75, 3.05) is 19.6 Å². The Labute approximate surface area is 178 Å². The van der Waals surface area contributed by atoms with Gasteiger partial charge in [0.25, 0.3) is 0 Å². The quantitative estimate of drug-likeness (QED) is 0.302. The lowest BCUT2D eigenvalue weighted by Gasteiger charge is -2.21. The molecule has 0 amide bonds. The number of nitrogens with one attached hydrogen (secondary N) is 2. The van der Waals surface area contributed by atoms with Crippen LogP contribution in [0.4, 0.5) is 0 Å². The Kier molecular flexibility index (Phi) is 9.65. The van der Waals surface area contributed by atoms with E-state index in [1.165, 1.54) is 0 Å². The summed E-state index contributed by atoms with van der Waals surface area (Å²) in [6.07, 6.45) is 1.51. The van der Waals surface area contributed by atoms with Crippen LogP contribution in [0, 0.1) is 6.92 Å². The van der Waals surface area contributed by atoms with Crippen LogP contribution in [0.15, 0.2) is 52.1 Å². The molecule has 0 fully saturated rings. The van der Waals surface area contributed by atoms with Gasteiger partial charge in [0.05, 0.1) is 19.4 Å². The molecule has 0 bridgehead atoms. The maximum atomic E-state index is 10.5. The van der Waals surface area contributed by atoms with E-state index in [2.05, 4.69) is 15.6 Å². The molecular weight excluding hydrogens is 457 g/mol. The van der Waals surface area contributed by atoms with Gasteiger partial charge in [0, 0.05) is 6.54 Å². The fraction of sp³-hybridized carbons (Fsp3) is 0.450. The van der Waals surface area contributed by atoms with Crippen molar-refractivity contribution in [2.24, 2.45) is 4.99 Å². The standard InChI is InChI=1S/C20H29N3O3.HI/c1-5-21-19(23-14-20(4,24)18-10-7-11-25-18)22-13-16(3)26-17-9-6-8-15(2)12-17;/h6-12,16,24H,5,13-14H2,1-4H3,(H2,21,22,23);1H. The highest BCUT2D eigenvalue weighted by molar-refractivity contribution is 14.0. The molecule has 0 aliphatic rings. The molecule has 1 aromatic heterocycles. The molecule has 0 spiro atoms. The fourth-order valence-electron chi connectivity index (χ4n) is 2.44. The second-order valence-corrected chi connectivity index (χ2v) is 6.57. The number of furan rings is 1. The maximum Gasteiger partial charge on any atom is 0.191 e. The molecule has 27 heavy (non-hydrogen) atoms. The zero-order valence-electron chi connectivity index (χ0n) is 16.4. The Hall–Kier alpha value is -1.74. The summed E-state index contributed by atoms with van der Waals surface area (Å²) >= 11 is 0. The normalized spacial score (nSPS) is 14.6. The summed E-state index contributed by atoms with van der Waals surface area (Å²) in [5, 5.41) is 16.9. The highest BCUT2D eigenvalue weighted by Gasteiger charge is 2.26. The number of aliphatic imine (C=N–C) groups is 1. The van der Waals surface area contributed by atoms with E-state index < -0.39 is 5.60 Å². The number of rotatable bonds is 8. The van der Waals surface area contributed by atoms with Crippen LogP contribution < -0.4 is 15.4 Å². The SMILES string of the molecule is CCNC(=NCC(C)(O)c1ccco1)NCC(C)Oc1cccc(C)c1.I. The Morgan fingerprint density at radius 2 is 2.07 bits per heavy atom. The maximum absolute atomic E-state index is 10.5. The monoisotopic (exact) mass is 487 g/mol. The van der Waals surface area contributed by atoms with Crippen molar-refractivity contribution >= 4 is 29.9 Å². The minimum Gasteiger partial charge on any atom is -0.489 e. The minimum atomic E-state index is -1.16. The van der Waals surface area contributed by atoms with Crippen LogP contribution in [0.25, 0.3) is 0 Å². The van der Waals surface area contributed by atoms with E-state index in [1.54, 1.807) is 25.3 Å². The summed E-state index contributed by atoms with van der Waals surface area (Å²) in [7, 11) is 0. The van der Waals surface area contributed by atoms with E-state index in [1.807, 2.05) is 45.0 Å². The first-order valence-corrected chi connectivity index (χ1v) is 8.92. The number of halogens is 1. The molecule has 3 N–H and O–H groups in total. The van der Waals surface area contributed by atoms with Crippen molar-refractivity contribution < 1.29 is 14.3 Å². The Balaban J connectivity index is 0.00000364. The van der Waals surface area contributed by atoms with Crippen molar-refractivity contribution in [3.05, 3.63) is 54.0 Å². The van der Waals surface area contributed by atoms with Crippen molar-refractivity contribution in [3.63, 3.8) is 0 Å². The van der Waals surface area contributed by atoms with E-state index >= 15 is 0 Å². The van der Waals surface area contributed by atoms with Gasteiger partial charge in [-0.05, 0) is 57.5 Å². The average molecular weight is 487 g/mol. The fourth-order valence-corrected chi connectivity index (χ4v) is 2.44. The third kappa shape index (κ3) is 7.80. The van der Waals surface area contributed by atoms with Gasteiger partial charge in [-0.2, -0.15) is 0 Å². The van der Waals surface area contributed by atoms with Crippen LogP contribution in [0.3, 0.4) is 0 Å². The molecule has 0 aliphatic carbocycles. The van der Waals surface area contributed by atoms with Crippen LogP contribution >= 0.6 is 24.0 Å². The van der Waals surface area contributed by atoms with E-state index in [9.17, 15) is 5.11 Å². The number of nitrogens with zero attached hydrogens (tertiary/aromatic N) is 1. The lowest BCUT2D eigenvalue weighted by molar-refractivity contribution is 0.0437.